The maximum absolute atomic E-state index is 12.7. The second-order valence-electron chi connectivity index (χ2n) is 7.15. The number of aromatic amines is 2. The zero-order chi connectivity index (χ0) is 19.3. The van der Waals surface area contributed by atoms with E-state index >= 15 is 0 Å². The molecule has 2 N–H and O–H groups in total. The molecule has 138 valence electrons. The van der Waals surface area contributed by atoms with E-state index < -0.39 is 0 Å². The minimum absolute atomic E-state index is 0.00666. The van der Waals surface area contributed by atoms with Crippen molar-refractivity contribution in [1.82, 2.24) is 25.0 Å². The van der Waals surface area contributed by atoms with Crippen LogP contribution in [0.15, 0.2) is 65.7 Å². The molecule has 1 atom stereocenters. The summed E-state index contributed by atoms with van der Waals surface area (Å²) in [4.78, 5) is 15.8. The highest BCUT2D eigenvalue weighted by atomic mass is 16.1. The van der Waals surface area contributed by atoms with E-state index in [1.54, 1.807) is 10.9 Å². The van der Waals surface area contributed by atoms with Gasteiger partial charge in [0, 0.05) is 35.7 Å². The summed E-state index contributed by atoms with van der Waals surface area (Å²) in [5, 5.41) is 13.7. The molecule has 0 radical (unpaired) electrons. The van der Waals surface area contributed by atoms with Crippen molar-refractivity contribution in [3.63, 3.8) is 0 Å². The van der Waals surface area contributed by atoms with Gasteiger partial charge in [0.15, 0.2) is 0 Å². The van der Waals surface area contributed by atoms with E-state index in [9.17, 15) is 4.79 Å². The molecule has 3 aromatic heterocycles. The van der Waals surface area contributed by atoms with Crippen molar-refractivity contribution in [2.24, 2.45) is 7.05 Å². The lowest BCUT2D eigenvalue weighted by atomic mass is 9.93. The largest absolute Gasteiger partial charge is 0.322 e. The van der Waals surface area contributed by atoms with Crippen LogP contribution >= 0.6 is 0 Å². The molecule has 0 saturated heterocycles. The minimum Gasteiger partial charge on any atom is -0.322 e. The second-order valence-corrected chi connectivity index (χ2v) is 7.15. The normalized spacial score (nSPS) is 12.6. The first-order valence-electron chi connectivity index (χ1n) is 9.19. The zero-order valence-corrected chi connectivity index (χ0v) is 15.6. The van der Waals surface area contributed by atoms with Crippen molar-refractivity contribution >= 4 is 21.8 Å². The van der Waals surface area contributed by atoms with Crippen LogP contribution in [-0.2, 0) is 7.05 Å². The molecule has 0 aliphatic rings. The summed E-state index contributed by atoms with van der Waals surface area (Å²) in [7, 11) is 1.88. The lowest BCUT2D eigenvalue weighted by Crippen LogP contribution is -2.15. The number of hydrogen-bond donors (Lipinski definition) is 2. The van der Waals surface area contributed by atoms with E-state index in [1.165, 1.54) is 0 Å². The van der Waals surface area contributed by atoms with Gasteiger partial charge >= 0.3 is 0 Å². The molecule has 0 saturated carbocycles. The van der Waals surface area contributed by atoms with Crippen molar-refractivity contribution in [2.45, 2.75) is 12.8 Å². The summed E-state index contributed by atoms with van der Waals surface area (Å²) in [6.45, 7) is 2.06. The third-order valence-corrected chi connectivity index (χ3v) is 5.30. The zero-order valence-electron chi connectivity index (χ0n) is 15.6. The third kappa shape index (κ3) is 2.62. The number of nitrogens with zero attached hydrogens (tertiary/aromatic N) is 3. The lowest BCUT2D eigenvalue weighted by molar-refractivity contribution is 0.768. The van der Waals surface area contributed by atoms with Gasteiger partial charge < -0.3 is 4.98 Å². The number of hydrogen-bond acceptors (Lipinski definition) is 3. The number of aryl methyl sites for hydroxylation is 1. The molecule has 6 nitrogen and oxygen atoms in total. The number of benzene rings is 2. The molecule has 0 amide bonds. The highest BCUT2D eigenvalue weighted by molar-refractivity contribution is 6.01. The van der Waals surface area contributed by atoms with Crippen LogP contribution in [0.5, 0.6) is 0 Å². The van der Waals surface area contributed by atoms with E-state index in [4.69, 9.17) is 0 Å². The summed E-state index contributed by atoms with van der Waals surface area (Å²) in [5.41, 5.74) is 5.30. The molecule has 28 heavy (non-hydrogen) atoms. The summed E-state index contributed by atoms with van der Waals surface area (Å²) < 4.78 is 1.76. The summed E-state index contributed by atoms with van der Waals surface area (Å²) in [6, 6.07) is 16.1. The Morgan fingerprint density at radius 3 is 2.64 bits per heavy atom. The first kappa shape index (κ1) is 16.5. The molecule has 2 aromatic carbocycles. The van der Waals surface area contributed by atoms with Crippen molar-refractivity contribution < 1.29 is 0 Å². The van der Waals surface area contributed by atoms with Crippen LogP contribution in [0, 0.1) is 0 Å². The number of aromatic nitrogens is 5. The van der Waals surface area contributed by atoms with Gasteiger partial charge in [-0.2, -0.15) is 10.2 Å². The monoisotopic (exact) mass is 369 g/mol. The smallest absolute Gasteiger partial charge is 0.252 e. The van der Waals surface area contributed by atoms with Crippen LogP contribution in [-0.4, -0.2) is 25.0 Å². The molecule has 0 spiro atoms. The number of nitrogens with one attached hydrogen (secondary N) is 2. The highest BCUT2D eigenvalue weighted by Gasteiger charge is 2.15. The minimum atomic E-state index is -0.0600. The fourth-order valence-electron chi connectivity index (χ4n) is 3.74. The first-order valence-corrected chi connectivity index (χ1v) is 9.19. The van der Waals surface area contributed by atoms with Gasteiger partial charge in [-0.05, 0) is 29.1 Å². The molecule has 1 unspecified atom stereocenters. The lowest BCUT2D eigenvalue weighted by Gasteiger charge is -2.12. The Morgan fingerprint density at radius 2 is 1.89 bits per heavy atom. The molecular weight excluding hydrogens is 350 g/mol. The Hall–Kier alpha value is -3.67. The standard InChI is InChI=1S/C22H19N5O/c1-13(14-6-4-3-5-7-14)17-8-15-9-18-20(10-19(15)24-22(17)28)25-26-21(18)16-11-23-27(2)12-16/h3-13H,1-2H3,(H,24,28)(H,25,26). The van der Waals surface area contributed by atoms with E-state index in [0.717, 1.165) is 44.2 Å². The molecule has 6 heteroatoms. The predicted octanol–water partition coefficient (Wildman–Crippen LogP) is 3.96. The predicted molar refractivity (Wildman–Crippen MR) is 110 cm³/mol. The molecular formula is C22H19N5O. The molecule has 5 rings (SSSR count). The van der Waals surface area contributed by atoms with Crippen molar-refractivity contribution in [3.05, 3.63) is 82.4 Å². The Balaban J connectivity index is 1.69. The van der Waals surface area contributed by atoms with Crippen LogP contribution in [0.2, 0.25) is 0 Å². The second kappa shape index (κ2) is 6.20. The van der Waals surface area contributed by atoms with Gasteiger partial charge in [-0.25, -0.2) is 0 Å². The molecule has 0 aliphatic carbocycles. The maximum atomic E-state index is 12.7. The van der Waals surface area contributed by atoms with Crippen LogP contribution < -0.4 is 5.56 Å². The van der Waals surface area contributed by atoms with Gasteiger partial charge in [0.1, 0.15) is 5.69 Å². The molecule has 5 aromatic rings. The SMILES string of the molecule is CC(c1ccccc1)c1cc2cc3c(-c4cnn(C)c4)n[nH]c3cc2[nH]c1=O. The highest BCUT2D eigenvalue weighted by Crippen LogP contribution is 2.30. The van der Waals surface area contributed by atoms with Gasteiger partial charge in [-0.1, -0.05) is 37.3 Å². The molecule has 3 heterocycles. The van der Waals surface area contributed by atoms with E-state index in [1.807, 2.05) is 55.7 Å². The Labute approximate surface area is 160 Å². The number of H-pyrrole nitrogens is 2. The van der Waals surface area contributed by atoms with Crippen LogP contribution in [0.4, 0.5) is 0 Å². The van der Waals surface area contributed by atoms with Crippen LogP contribution in [0.25, 0.3) is 33.1 Å². The Morgan fingerprint density at radius 1 is 1.07 bits per heavy atom. The maximum Gasteiger partial charge on any atom is 0.252 e. The van der Waals surface area contributed by atoms with Gasteiger partial charge in [0.25, 0.3) is 5.56 Å². The van der Waals surface area contributed by atoms with Crippen LogP contribution in [0.1, 0.15) is 24.0 Å². The summed E-state index contributed by atoms with van der Waals surface area (Å²) >= 11 is 0. The summed E-state index contributed by atoms with van der Waals surface area (Å²) in [5.74, 6) is 0.00666. The van der Waals surface area contributed by atoms with E-state index in [2.05, 4.69) is 33.3 Å². The number of rotatable bonds is 3. The number of pyridine rings is 1. The third-order valence-electron chi connectivity index (χ3n) is 5.30. The van der Waals surface area contributed by atoms with E-state index in [-0.39, 0.29) is 11.5 Å². The van der Waals surface area contributed by atoms with Gasteiger partial charge in [-0.15, -0.1) is 0 Å². The summed E-state index contributed by atoms with van der Waals surface area (Å²) in [6.07, 6.45) is 3.74. The average molecular weight is 369 g/mol. The molecule has 0 bridgehead atoms. The van der Waals surface area contributed by atoms with Crippen molar-refractivity contribution in [2.75, 3.05) is 0 Å². The Kier molecular flexibility index (Phi) is 3.65. The Bertz CT molecular complexity index is 1360. The van der Waals surface area contributed by atoms with Crippen LogP contribution in [0.3, 0.4) is 0 Å². The van der Waals surface area contributed by atoms with Gasteiger partial charge in [0.2, 0.25) is 0 Å². The van der Waals surface area contributed by atoms with Crippen molar-refractivity contribution in [3.8, 4) is 11.3 Å². The quantitative estimate of drug-likeness (QED) is 0.505. The topological polar surface area (TPSA) is 79.4 Å². The van der Waals surface area contributed by atoms with Gasteiger partial charge in [0.05, 0.1) is 17.2 Å². The number of fused-ring (bicyclic) bond motifs is 2. The van der Waals surface area contributed by atoms with Gasteiger partial charge in [-0.3, -0.25) is 14.6 Å². The fraction of sp³-hybridized carbons (Fsp3) is 0.136. The van der Waals surface area contributed by atoms with Crippen molar-refractivity contribution in [1.29, 1.82) is 0 Å². The first-order chi connectivity index (χ1) is 13.6. The fourth-order valence-corrected chi connectivity index (χ4v) is 3.74. The molecule has 0 aliphatic heterocycles. The van der Waals surface area contributed by atoms with E-state index in [0.29, 0.717) is 0 Å². The molecule has 0 fully saturated rings. The average Bonchev–Trinajstić information content (AvgIpc) is 3.31.